The van der Waals surface area contributed by atoms with Gasteiger partial charge in [0, 0.05) is 22.5 Å². The van der Waals surface area contributed by atoms with E-state index in [0.717, 1.165) is 54.0 Å². The first-order valence-corrected chi connectivity index (χ1v) is 12.6. The van der Waals surface area contributed by atoms with E-state index in [4.69, 9.17) is 4.74 Å². The van der Waals surface area contributed by atoms with Crippen LogP contribution < -0.4 is 5.32 Å². The summed E-state index contributed by atoms with van der Waals surface area (Å²) in [7, 11) is -0.962. The predicted octanol–water partition coefficient (Wildman–Crippen LogP) is 4.24. The van der Waals surface area contributed by atoms with Crippen LogP contribution in [0, 0.1) is 0 Å². The van der Waals surface area contributed by atoms with Gasteiger partial charge in [-0.05, 0) is 49.4 Å². The second-order valence-corrected chi connectivity index (χ2v) is 10.7. The molecule has 2 atom stereocenters. The van der Waals surface area contributed by atoms with E-state index in [-0.39, 0.29) is 17.3 Å². The molecule has 2 aliphatic carbocycles. The molecule has 1 amide bonds. The van der Waals surface area contributed by atoms with Crippen molar-refractivity contribution >= 4 is 33.2 Å². The summed E-state index contributed by atoms with van der Waals surface area (Å²) in [4.78, 5) is 18.3. The standard InChI is InChI=1S/C22H24N4O3S2/c27-21(25-22-23-14-19(30-22)26-13-3-12-24-26)20(29-16-4-1-2-5-16)15-6-8-17(9-7-15)31(28)18-10-11-18/h3,6-9,12-14,16,18,20H,1-2,4-5,10-11H2,(H,23,25,27). The third-order valence-corrected chi connectivity index (χ3v) is 8.28. The number of nitrogens with zero attached hydrogens (tertiary/aromatic N) is 3. The minimum absolute atomic E-state index is 0.0759. The molecule has 1 aromatic carbocycles. The van der Waals surface area contributed by atoms with Crippen molar-refractivity contribution in [3.63, 3.8) is 0 Å². The molecular weight excluding hydrogens is 432 g/mol. The third kappa shape index (κ3) is 4.78. The summed E-state index contributed by atoms with van der Waals surface area (Å²) in [6.07, 6.45) is 10.8. The molecule has 0 bridgehead atoms. The Morgan fingerprint density at radius 1 is 1.19 bits per heavy atom. The fraction of sp³-hybridized carbons (Fsp3) is 0.409. The molecule has 2 fully saturated rings. The van der Waals surface area contributed by atoms with Gasteiger partial charge in [0.2, 0.25) is 0 Å². The second-order valence-electron chi connectivity index (χ2n) is 7.93. The zero-order valence-electron chi connectivity index (χ0n) is 17.0. The first-order chi connectivity index (χ1) is 15.2. The molecule has 2 aromatic heterocycles. The Bertz CT molecular complexity index is 1050. The van der Waals surface area contributed by atoms with Gasteiger partial charge in [0.05, 0.1) is 23.1 Å². The minimum atomic E-state index is -0.962. The molecule has 31 heavy (non-hydrogen) atoms. The molecule has 5 rings (SSSR count). The van der Waals surface area contributed by atoms with Gasteiger partial charge in [-0.1, -0.05) is 36.3 Å². The summed E-state index contributed by atoms with van der Waals surface area (Å²) >= 11 is 1.35. The van der Waals surface area contributed by atoms with E-state index in [1.807, 2.05) is 36.5 Å². The number of thiazole rings is 1. The lowest BCUT2D eigenvalue weighted by Gasteiger charge is -2.21. The van der Waals surface area contributed by atoms with Gasteiger partial charge in [-0.25, -0.2) is 9.67 Å². The molecule has 0 spiro atoms. The number of hydrogen-bond acceptors (Lipinski definition) is 6. The van der Waals surface area contributed by atoms with Crippen LogP contribution in [-0.2, 0) is 20.3 Å². The van der Waals surface area contributed by atoms with Crippen molar-refractivity contribution in [2.45, 2.75) is 60.9 Å². The summed E-state index contributed by atoms with van der Waals surface area (Å²) in [5, 5.41) is 8.71. The number of rotatable bonds is 8. The van der Waals surface area contributed by atoms with Crippen molar-refractivity contribution in [3.8, 4) is 5.00 Å². The molecule has 9 heteroatoms. The second kappa shape index (κ2) is 9.02. The average molecular weight is 457 g/mol. The van der Waals surface area contributed by atoms with Crippen LogP contribution in [0.2, 0.25) is 0 Å². The maximum absolute atomic E-state index is 13.2. The average Bonchev–Trinajstić information content (AvgIpc) is 3.19. The zero-order chi connectivity index (χ0) is 21.2. The van der Waals surface area contributed by atoms with Crippen LogP contribution in [0.3, 0.4) is 0 Å². The fourth-order valence-electron chi connectivity index (χ4n) is 3.76. The van der Waals surface area contributed by atoms with Gasteiger partial charge in [-0.15, -0.1) is 0 Å². The molecule has 162 valence electrons. The number of carbonyl (C=O) groups is 1. The van der Waals surface area contributed by atoms with Crippen LogP contribution in [0.5, 0.6) is 0 Å². The number of benzene rings is 1. The van der Waals surface area contributed by atoms with E-state index in [1.54, 1.807) is 17.1 Å². The van der Waals surface area contributed by atoms with Crippen molar-refractivity contribution in [3.05, 3.63) is 54.5 Å². The van der Waals surface area contributed by atoms with E-state index in [2.05, 4.69) is 15.4 Å². The van der Waals surface area contributed by atoms with Gasteiger partial charge in [-0.3, -0.25) is 14.3 Å². The van der Waals surface area contributed by atoms with Crippen LogP contribution in [0.25, 0.3) is 5.00 Å². The Kier molecular flexibility index (Phi) is 5.97. The van der Waals surface area contributed by atoms with Gasteiger partial charge in [0.1, 0.15) is 5.00 Å². The highest BCUT2D eigenvalue weighted by Gasteiger charge is 2.31. The molecule has 2 saturated carbocycles. The summed E-state index contributed by atoms with van der Waals surface area (Å²) in [6, 6.07) is 9.30. The zero-order valence-corrected chi connectivity index (χ0v) is 18.6. The first-order valence-electron chi connectivity index (χ1n) is 10.6. The van der Waals surface area contributed by atoms with Gasteiger partial charge in [0.15, 0.2) is 11.2 Å². The van der Waals surface area contributed by atoms with Crippen LogP contribution in [0.1, 0.15) is 50.2 Å². The molecule has 2 heterocycles. The smallest absolute Gasteiger partial charge is 0.259 e. The van der Waals surface area contributed by atoms with E-state index in [9.17, 15) is 9.00 Å². The van der Waals surface area contributed by atoms with E-state index in [0.29, 0.717) is 5.13 Å². The highest BCUT2D eigenvalue weighted by Crippen LogP contribution is 2.33. The number of aromatic nitrogens is 3. The van der Waals surface area contributed by atoms with Crippen LogP contribution in [-0.4, -0.2) is 36.2 Å². The van der Waals surface area contributed by atoms with E-state index in [1.165, 1.54) is 11.3 Å². The fourth-order valence-corrected chi connectivity index (χ4v) is 5.87. The highest BCUT2D eigenvalue weighted by atomic mass is 32.2. The molecule has 7 nitrogen and oxygen atoms in total. The van der Waals surface area contributed by atoms with Crippen LogP contribution in [0.4, 0.5) is 5.13 Å². The molecule has 3 aromatic rings. The lowest BCUT2D eigenvalue weighted by atomic mass is 10.1. The van der Waals surface area contributed by atoms with Crippen LogP contribution >= 0.6 is 11.3 Å². The minimum Gasteiger partial charge on any atom is -0.360 e. The van der Waals surface area contributed by atoms with Gasteiger partial charge in [-0.2, -0.15) is 5.10 Å². The van der Waals surface area contributed by atoms with Gasteiger partial charge in [0.25, 0.3) is 5.91 Å². The number of ether oxygens (including phenoxy) is 1. The molecule has 1 N–H and O–H groups in total. The molecule has 0 saturated heterocycles. The Morgan fingerprint density at radius 2 is 1.97 bits per heavy atom. The molecular formula is C22H24N4O3S2. The Hall–Kier alpha value is -2.36. The van der Waals surface area contributed by atoms with Crippen molar-refractivity contribution in [2.24, 2.45) is 0 Å². The Morgan fingerprint density at radius 3 is 2.65 bits per heavy atom. The summed E-state index contributed by atoms with van der Waals surface area (Å²) in [5.41, 5.74) is 0.768. The topological polar surface area (TPSA) is 86.1 Å². The van der Waals surface area contributed by atoms with Gasteiger partial charge < -0.3 is 4.74 Å². The lowest BCUT2D eigenvalue weighted by Crippen LogP contribution is -2.26. The van der Waals surface area contributed by atoms with E-state index < -0.39 is 16.9 Å². The first kappa shape index (κ1) is 20.5. The van der Waals surface area contributed by atoms with Crippen molar-refractivity contribution in [2.75, 3.05) is 5.32 Å². The molecule has 2 aliphatic rings. The third-order valence-electron chi connectivity index (χ3n) is 5.56. The van der Waals surface area contributed by atoms with Crippen molar-refractivity contribution in [1.82, 2.24) is 14.8 Å². The molecule has 0 aliphatic heterocycles. The van der Waals surface area contributed by atoms with Crippen LogP contribution in [0.15, 0.2) is 53.8 Å². The number of hydrogen-bond donors (Lipinski definition) is 1. The number of nitrogens with one attached hydrogen (secondary N) is 1. The summed E-state index contributed by atoms with van der Waals surface area (Å²) < 4.78 is 20.4. The Balaban J connectivity index is 1.34. The van der Waals surface area contributed by atoms with Crippen molar-refractivity contribution < 1.29 is 13.7 Å². The van der Waals surface area contributed by atoms with Gasteiger partial charge >= 0.3 is 0 Å². The summed E-state index contributed by atoms with van der Waals surface area (Å²) in [5.74, 6) is -0.246. The highest BCUT2D eigenvalue weighted by molar-refractivity contribution is 7.86. The predicted molar refractivity (Wildman–Crippen MR) is 120 cm³/mol. The maximum atomic E-state index is 13.2. The van der Waals surface area contributed by atoms with E-state index >= 15 is 0 Å². The number of amides is 1. The quantitative estimate of drug-likeness (QED) is 0.548. The Labute approximate surface area is 187 Å². The van der Waals surface area contributed by atoms with Crippen molar-refractivity contribution in [1.29, 1.82) is 0 Å². The monoisotopic (exact) mass is 456 g/mol. The normalized spacial score (nSPS) is 18.7. The molecule has 2 unspecified atom stereocenters. The SMILES string of the molecule is O=C(Nc1ncc(-n2cccn2)s1)C(OC1CCCC1)c1ccc(S(=O)C2CC2)cc1. The largest absolute Gasteiger partial charge is 0.360 e. The lowest BCUT2D eigenvalue weighted by molar-refractivity contribution is -0.131. The molecule has 0 radical (unpaired) electrons. The number of anilines is 1. The number of carbonyl (C=O) groups excluding carboxylic acids is 1. The summed E-state index contributed by atoms with van der Waals surface area (Å²) in [6.45, 7) is 0. The maximum Gasteiger partial charge on any atom is 0.259 e.